The lowest BCUT2D eigenvalue weighted by Crippen LogP contribution is -2.41. The molecule has 27 heavy (non-hydrogen) atoms. The molecule has 1 N–H and O–H groups in total. The lowest BCUT2D eigenvalue weighted by atomic mass is 10.1. The normalized spacial score (nSPS) is 22.7. The van der Waals surface area contributed by atoms with E-state index in [0.29, 0.717) is 19.8 Å². The van der Waals surface area contributed by atoms with Gasteiger partial charge in [0.05, 0.1) is 31.8 Å². The Kier molecular flexibility index (Phi) is 5.70. The van der Waals surface area contributed by atoms with Crippen LogP contribution in [0.15, 0.2) is 54.6 Å². The zero-order valence-electron chi connectivity index (χ0n) is 15.5. The SMILES string of the molecule is O=C1N[C@@H]2COC[C@H]1CN(Cc1ccc(OCCc3ccccc3)cc1)C2. The third-order valence-electron chi connectivity index (χ3n) is 5.14. The van der Waals surface area contributed by atoms with Crippen LogP contribution in [0.1, 0.15) is 11.1 Å². The Hall–Kier alpha value is -2.37. The first-order chi connectivity index (χ1) is 13.3. The summed E-state index contributed by atoms with van der Waals surface area (Å²) in [6.07, 6.45) is 0.905. The average molecular weight is 366 g/mol. The van der Waals surface area contributed by atoms with Crippen LogP contribution in [-0.2, 0) is 22.5 Å². The molecule has 2 bridgehead atoms. The summed E-state index contributed by atoms with van der Waals surface area (Å²) < 4.78 is 11.5. The molecule has 0 saturated carbocycles. The van der Waals surface area contributed by atoms with Crippen molar-refractivity contribution in [3.05, 3.63) is 65.7 Å². The van der Waals surface area contributed by atoms with Gasteiger partial charge in [-0.25, -0.2) is 0 Å². The second-order valence-corrected chi connectivity index (χ2v) is 7.36. The first-order valence-electron chi connectivity index (χ1n) is 9.62. The molecule has 2 atom stereocenters. The van der Waals surface area contributed by atoms with Gasteiger partial charge in [0, 0.05) is 26.1 Å². The van der Waals surface area contributed by atoms with Gasteiger partial charge in [-0.15, -0.1) is 0 Å². The number of hydrogen-bond acceptors (Lipinski definition) is 4. The van der Waals surface area contributed by atoms with E-state index in [2.05, 4.69) is 46.6 Å². The van der Waals surface area contributed by atoms with Crippen molar-refractivity contribution in [2.75, 3.05) is 32.9 Å². The molecule has 0 aromatic heterocycles. The smallest absolute Gasteiger partial charge is 0.227 e. The van der Waals surface area contributed by atoms with Gasteiger partial charge in [0.2, 0.25) is 5.91 Å². The van der Waals surface area contributed by atoms with Crippen molar-refractivity contribution in [3.63, 3.8) is 0 Å². The highest BCUT2D eigenvalue weighted by molar-refractivity contribution is 5.79. The van der Waals surface area contributed by atoms with Gasteiger partial charge in [-0.2, -0.15) is 0 Å². The van der Waals surface area contributed by atoms with E-state index in [4.69, 9.17) is 9.47 Å². The number of carbonyl (C=O) groups is 1. The number of amides is 1. The molecular weight excluding hydrogens is 340 g/mol. The Morgan fingerprint density at radius 1 is 1.00 bits per heavy atom. The maximum atomic E-state index is 12.1. The predicted octanol–water partition coefficient (Wildman–Crippen LogP) is 2.25. The second-order valence-electron chi connectivity index (χ2n) is 7.36. The summed E-state index contributed by atoms with van der Waals surface area (Å²) in [5, 5.41) is 3.08. The molecule has 2 fully saturated rings. The Labute approximate surface area is 160 Å². The third-order valence-corrected chi connectivity index (χ3v) is 5.14. The number of carbonyl (C=O) groups excluding carboxylic acids is 1. The van der Waals surface area contributed by atoms with E-state index >= 15 is 0 Å². The molecule has 2 aliphatic rings. The summed E-state index contributed by atoms with van der Waals surface area (Å²) in [7, 11) is 0. The topological polar surface area (TPSA) is 50.8 Å². The average Bonchev–Trinajstić information content (AvgIpc) is 2.93. The van der Waals surface area contributed by atoms with Gasteiger partial charge in [-0.1, -0.05) is 42.5 Å². The number of benzene rings is 2. The second kappa shape index (κ2) is 8.55. The van der Waals surface area contributed by atoms with Gasteiger partial charge >= 0.3 is 0 Å². The number of nitrogens with one attached hydrogen (secondary N) is 1. The highest BCUT2D eigenvalue weighted by atomic mass is 16.5. The number of nitrogens with zero attached hydrogens (tertiary/aromatic N) is 1. The minimum absolute atomic E-state index is 0.0712. The number of ether oxygens (including phenoxy) is 2. The van der Waals surface area contributed by atoms with Crippen LogP contribution >= 0.6 is 0 Å². The van der Waals surface area contributed by atoms with E-state index in [0.717, 1.165) is 31.8 Å². The van der Waals surface area contributed by atoms with Crippen molar-refractivity contribution in [2.45, 2.75) is 19.0 Å². The fourth-order valence-corrected chi connectivity index (χ4v) is 3.73. The molecule has 0 aliphatic carbocycles. The monoisotopic (exact) mass is 366 g/mol. The Balaban J connectivity index is 1.29. The molecule has 2 aromatic carbocycles. The fraction of sp³-hybridized carbons (Fsp3) is 0.409. The van der Waals surface area contributed by atoms with E-state index in [1.54, 1.807) is 0 Å². The van der Waals surface area contributed by atoms with Gasteiger partial charge < -0.3 is 14.8 Å². The van der Waals surface area contributed by atoms with E-state index in [9.17, 15) is 4.79 Å². The van der Waals surface area contributed by atoms with Gasteiger partial charge in [0.1, 0.15) is 5.75 Å². The molecule has 5 heteroatoms. The molecule has 5 nitrogen and oxygen atoms in total. The Morgan fingerprint density at radius 2 is 1.81 bits per heavy atom. The number of fused-ring (bicyclic) bond motifs is 3. The standard InChI is InChI=1S/C22H26N2O3/c25-22-19-13-24(14-20(23-22)16-26-15-19)12-18-6-8-21(9-7-18)27-11-10-17-4-2-1-3-5-17/h1-9,19-20H,10-16H2,(H,23,25)/t19-,20+/m1/s1. The highest BCUT2D eigenvalue weighted by Crippen LogP contribution is 2.18. The van der Waals surface area contributed by atoms with E-state index in [1.165, 1.54) is 11.1 Å². The quantitative estimate of drug-likeness (QED) is 0.852. The molecule has 142 valence electrons. The van der Waals surface area contributed by atoms with Crippen LogP contribution in [0, 0.1) is 5.92 Å². The third kappa shape index (κ3) is 4.87. The van der Waals surface area contributed by atoms with Crippen LogP contribution in [0.3, 0.4) is 0 Å². The summed E-state index contributed by atoms with van der Waals surface area (Å²) in [4.78, 5) is 14.5. The molecule has 0 radical (unpaired) electrons. The van der Waals surface area contributed by atoms with Gasteiger partial charge in [0.25, 0.3) is 0 Å². The first kappa shape index (κ1) is 18.0. The van der Waals surface area contributed by atoms with Crippen LogP contribution in [0.2, 0.25) is 0 Å². The Bertz CT molecular complexity index is 748. The molecule has 2 heterocycles. The summed E-state index contributed by atoms with van der Waals surface area (Å²) in [6.45, 7) is 4.22. The Morgan fingerprint density at radius 3 is 2.63 bits per heavy atom. The van der Waals surface area contributed by atoms with E-state index < -0.39 is 0 Å². The molecule has 2 aliphatic heterocycles. The molecule has 0 unspecified atom stereocenters. The lowest BCUT2D eigenvalue weighted by Gasteiger charge is -2.27. The summed E-state index contributed by atoms with van der Waals surface area (Å²) in [5.41, 5.74) is 2.52. The summed E-state index contributed by atoms with van der Waals surface area (Å²) in [6, 6.07) is 18.8. The molecule has 0 spiro atoms. The number of rotatable bonds is 6. The van der Waals surface area contributed by atoms with E-state index in [1.807, 2.05) is 18.2 Å². The fourth-order valence-electron chi connectivity index (χ4n) is 3.73. The molecule has 4 rings (SSSR count). The van der Waals surface area contributed by atoms with Crippen molar-refractivity contribution in [2.24, 2.45) is 5.92 Å². The van der Waals surface area contributed by atoms with E-state index in [-0.39, 0.29) is 17.9 Å². The van der Waals surface area contributed by atoms with Gasteiger partial charge in [-0.3, -0.25) is 9.69 Å². The largest absolute Gasteiger partial charge is 0.493 e. The van der Waals surface area contributed by atoms with Crippen molar-refractivity contribution in [3.8, 4) is 5.75 Å². The molecule has 2 saturated heterocycles. The molecular formula is C22H26N2O3. The lowest BCUT2D eigenvalue weighted by molar-refractivity contribution is -0.125. The van der Waals surface area contributed by atoms with Crippen molar-refractivity contribution >= 4 is 5.91 Å². The summed E-state index contributed by atoms with van der Waals surface area (Å²) in [5.74, 6) is 0.952. The zero-order chi connectivity index (χ0) is 18.5. The first-order valence-corrected chi connectivity index (χ1v) is 9.62. The van der Waals surface area contributed by atoms with Crippen LogP contribution in [0.4, 0.5) is 0 Å². The van der Waals surface area contributed by atoms with Crippen molar-refractivity contribution in [1.82, 2.24) is 10.2 Å². The highest BCUT2D eigenvalue weighted by Gasteiger charge is 2.32. The van der Waals surface area contributed by atoms with Crippen LogP contribution in [-0.4, -0.2) is 49.8 Å². The molecule has 1 amide bonds. The zero-order valence-corrected chi connectivity index (χ0v) is 15.5. The number of hydrogen-bond donors (Lipinski definition) is 1. The molecule has 2 aromatic rings. The van der Waals surface area contributed by atoms with Gasteiger partial charge in [-0.05, 0) is 23.3 Å². The van der Waals surface area contributed by atoms with Crippen LogP contribution in [0.5, 0.6) is 5.75 Å². The van der Waals surface area contributed by atoms with Crippen LogP contribution in [0.25, 0.3) is 0 Å². The summed E-state index contributed by atoms with van der Waals surface area (Å²) >= 11 is 0. The maximum absolute atomic E-state index is 12.1. The van der Waals surface area contributed by atoms with Crippen molar-refractivity contribution < 1.29 is 14.3 Å². The van der Waals surface area contributed by atoms with Crippen LogP contribution < -0.4 is 10.1 Å². The minimum Gasteiger partial charge on any atom is -0.493 e. The minimum atomic E-state index is -0.0712. The van der Waals surface area contributed by atoms with Crippen molar-refractivity contribution in [1.29, 1.82) is 0 Å². The maximum Gasteiger partial charge on any atom is 0.227 e. The van der Waals surface area contributed by atoms with Gasteiger partial charge in [0.15, 0.2) is 0 Å². The predicted molar refractivity (Wildman–Crippen MR) is 104 cm³/mol.